The second-order valence-corrected chi connectivity index (χ2v) is 3.87. The first-order valence-electron chi connectivity index (χ1n) is 4.97. The maximum atomic E-state index is 11.1. The van der Waals surface area contributed by atoms with E-state index in [-0.39, 0.29) is 0 Å². The van der Waals surface area contributed by atoms with Gasteiger partial charge in [-0.25, -0.2) is 0 Å². The van der Waals surface area contributed by atoms with Crippen LogP contribution in [-0.4, -0.2) is 35.6 Å². The molecule has 0 saturated carbocycles. The van der Waals surface area contributed by atoms with Crippen LogP contribution in [0.3, 0.4) is 0 Å². The van der Waals surface area contributed by atoms with Crippen LogP contribution in [0.25, 0.3) is 0 Å². The highest BCUT2D eigenvalue weighted by molar-refractivity contribution is 5.74. The Bertz CT molecular complexity index is 249. The molecule has 1 saturated heterocycles. The fraction of sp³-hybridized carbons (Fsp3) is 0.800. The molecular formula is C10H16N2O2. The molecule has 0 bridgehead atoms. The molecule has 1 heterocycles. The maximum Gasteiger partial charge on any atom is 0.309 e. The molecule has 1 aliphatic rings. The van der Waals surface area contributed by atoms with Gasteiger partial charge in [0.1, 0.15) is 0 Å². The van der Waals surface area contributed by atoms with E-state index < -0.39 is 11.4 Å². The second kappa shape index (κ2) is 4.43. The van der Waals surface area contributed by atoms with E-state index >= 15 is 0 Å². The van der Waals surface area contributed by atoms with E-state index in [2.05, 4.69) is 6.07 Å². The van der Waals surface area contributed by atoms with E-state index in [1.807, 2.05) is 11.8 Å². The Balaban J connectivity index is 2.56. The molecule has 4 heteroatoms. The van der Waals surface area contributed by atoms with Crippen molar-refractivity contribution in [2.45, 2.75) is 26.2 Å². The minimum absolute atomic E-state index is 0.416. The first-order valence-corrected chi connectivity index (χ1v) is 4.97. The fourth-order valence-corrected chi connectivity index (χ4v) is 1.96. The van der Waals surface area contributed by atoms with Gasteiger partial charge in [0.15, 0.2) is 0 Å². The highest BCUT2D eigenvalue weighted by Gasteiger charge is 2.39. The lowest BCUT2D eigenvalue weighted by atomic mass is 9.76. The number of hydrogen-bond acceptors (Lipinski definition) is 3. The summed E-state index contributed by atoms with van der Waals surface area (Å²) in [6.07, 6.45) is 2.02. The van der Waals surface area contributed by atoms with Gasteiger partial charge in [-0.05, 0) is 19.3 Å². The molecule has 1 aliphatic heterocycles. The van der Waals surface area contributed by atoms with Gasteiger partial charge in [0, 0.05) is 13.1 Å². The summed E-state index contributed by atoms with van der Waals surface area (Å²) >= 11 is 0. The number of nitrogens with zero attached hydrogens (tertiary/aromatic N) is 2. The zero-order chi connectivity index (χ0) is 10.6. The van der Waals surface area contributed by atoms with E-state index in [1.165, 1.54) is 0 Å². The van der Waals surface area contributed by atoms with Gasteiger partial charge in [0.25, 0.3) is 0 Å². The van der Waals surface area contributed by atoms with Crippen LogP contribution in [0, 0.1) is 16.7 Å². The highest BCUT2D eigenvalue weighted by atomic mass is 16.4. The van der Waals surface area contributed by atoms with Gasteiger partial charge in [-0.3, -0.25) is 9.69 Å². The Morgan fingerprint density at radius 1 is 1.57 bits per heavy atom. The van der Waals surface area contributed by atoms with Crippen LogP contribution < -0.4 is 0 Å². The molecule has 1 fully saturated rings. The summed E-state index contributed by atoms with van der Waals surface area (Å²) in [5.41, 5.74) is -0.536. The quantitative estimate of drug-likeness (QED) is 0.686. The molecule has 0 aliphatic carbocycles. The van der Waals surface area contributed by atoms with E-state index in [1.54, 1.807) is 0 Å². The Morgan fingerprint density at radius 3 is 2.50 bits per heavy atom. The average Bonchev–Trinajstić information content (AvgIpc) is 2.19. The normalized spacial score (nSPS) is 21.4. The summed E-state index contributed by atoms with van der Waals surface area (Å²) in [7, 11) is 0. The van der Waals surface area contributed by atoms with E-state index in [0.29, 0.717) is 25.8 Å². The Kier molecular flexibility index (Phi) is 3.48. The van der Waals surface area contributed by atoms with Crippen LogP contribution >= 0.6 is 0 Å². The summed E-state index contributed by atoms with van der Waals surface area (Å²) in [5, 5.41) is 17.6. The minimum Gasteiger partial charge on any atom is -0.481 e. The summed E-state index contributed by atoms with van der Waals surface area (Å²) in [6.45, 7) is 3.80. The monoisotopic (exact) mass is 196 g/mol. The van der Waals surface area contributed by atoms with Gasteiger partial charge in [0.05, 0.1) is 18.0 Å². The van der Waals surface area contributed by atoms with Crippen molar-refractivity contribution in [3.63, 3.8) is 0 Å². The molecule has 0 amide bonds. The van der Waals surface area contributed by atoms with Crippen molar-refractivity contribution in [3.8, 4) is 6.07 Å². The predicted molar refractivity (Wildman–Crippen MR) is 51.6 cm³/mol. The van der Waals surface area contributed by atoms with Crippen LogP contribution in [-0.2, 0) is 4.79 Å². The van der Waals surface area contributed by atoms with Gasteiger partial charge < -0.3 is 5.11 Å². The smallest absolute Gasteiger partial charge is 0.309 e. The van der Waals surface area contributed by atoms with Gasteiger partial charge in [-0.15, -0.1) is 0 Å². The van der Waals surface area contributed by atoms with Gasteiger partial charge in [-0.1, -0.05) is 6.92 Å². The number of likely N-dealkylation sites (tertiary alicyclic amines) is 1. The van der Waals surface area contributed by atoms with E-state index in [0.717, 1.165) is 13.1 Å². The summed E-state index contributed by atoms with van der Waals surface area (Å²) in [6, 6.07) is 2.09. The first kappa shape index (κ1) is 11.0. The molecule has 4 nitrogen and oxygen atoms in total. The van der Waals surface area contributed by atoms with Gasteiger partial charge in [-0.2, -0.15) is 5.26 Å². The van der Waals surface area contributed by atoms with Crippen LogP contribution in [0.1, 0.15) is 26.2 Å². The number of carboxylic acid groups (broad SMARTS) is 1. The number of hydrogen-bond donors (Lipinski definition) is 1. The average molecular weight is 196 g/mol. The molecule has 14 heavy (non-hydrogen) atoms. The van der Waals surface area contributed by atoms with Gasteiger partial charge in [0.2, 0.25) is 0 Å². The number of nitriles is 1. The summed E-state index contributed by atoms with van der Waals surface area (Å²) in [5.74, 6) is -0.684. The van der Waals surface area contributed by atoms with Crippen molar-refractivity contribution in [1.82, 2.24) is 4.90 Å². The van der Waals surface area contributed by atoms with Crippen molar-refractivity contribution in [2.75, 3.05) is 19.6 Å². The number of rotatable bonds is 3. The fourth-order valence-electron chi connectivity index (χ4n) is 1.96. The third kappa shape index (κ3) is 2.05. The lowest BCUT2D eigenvalue weighted by molar-refractivity contribution is -0.152. The predicted octanol–water partition coefficient (Wildman–Crippen LogP) is 1.09. The molecule has 0 spiro atoms. The van der Waals surface area contributed by atoms with E-state index in [4.69, 9.17) is 10.4 Å². The zero-order valence-electron chi connectivity index (χ0n) is 8.49. The van der Waals surface area contributed by atoms with Crippen molar-refractivity contribution >= 4 is 5.97 Å². The number of carbonyl (C=O) groups is 1. The topological polar surface area (TPSA) is 64.3 Å². The molecule has 0 aromatic rings. The SMILES string of the molecule is CCC1(C(=O)O)CCN(CC#N)CC1. The zero-order valence-corrected chi connectivity index (χ0v) is 8.49. The molecule has 0 unspecified atom stereocenters. The lowest BCUT2D eigenvalue weighted by Gasteiger charge is -2.37. The molecule has 1 N–H and O–H groups in total. The summed E-state index contributed by atoms with van der Waals surface area (Å²) < 4.78 is 0. The van der Waals surface area contributed by atoms with Crippen molar-refractivity contribution < 1.29 is 9.90 Å². The molecule has 0 aromatic carbocycles. The third-order valence-electron chi connectivity index (χ3n) is 3.24. The van der Waals surface area contributed by atoms with Crippen molar-refractivity contribution in [1.29, 1.82) is 5.26 Å². The molecule has 78 valence electrons. The first-order chi connectivity index (χ1) is 6.64. The molecule has 0 atom stereocenters. The largest absolute Gasteiger partial charge is 0.481 e. The Labute approximate surface area is 84.1 Å². The standard InChI is InChI=1S/C10H16N2O2/c1-2-10(9(13)14)3-6-12(7-4-10)8-5-11/h2-4,6-8H2,1H3,(H,13,14). The number of carboxylic acids is 1. The minimum atomic E-state index is -0.684. The highest BCUT2D eigenvalue weighted by Crippen LogP contribution is 2.34. The van der Waals surface area contributed by atoms with Crippen LogP contribution in [0.4, 0.5) is 0 Å². The second-order valence-electron chi connectivity index (χ2n) is 3.87. The third-order valence-corrected chi connectivity index (χ3v) is 3.24. The Morgan fingerprint density at radius 2 is 2.14 bits per heavy atom. The molecule has 1 rings (SSSR count). The maximum absolute atomic E-state index is 11.1. The van der Waals surface area contributed by atoms with Crippen LogP contribution in [0.5, 0.6) is 0 Å². The summed E-state index contributed by atoms with van der Waals surface area (Å²) in [4.78, 5) is 13.1. The van der Waals surface area contributed by atoms with Gasteiger partial charge >= 0.3 is 5.97 Å². The van der Waals surface area contributed by atoms with Crippen molar-refractivity contribution in [2.24, 2.45) is 5.41 Å². The molecule has 0 aromatic heterocycles. The number of aliphatic carboxylic acids is 1. The van der Waals surface area contributed by atoms with Crippen molar-refractivity contribution in [3.05, 3.63) is 0 Å². The Hall–Kier alpha value is -1.08. The molecular weight excluding hydrogens is 180 g/mol. The number of piperidine rings is 1. The molecule has 0 radical (unpaired) electrons. The van der Waals surface area contributed by atoms with Crippen LogP contribution in [0.2, 0.25) is 0 Å². The van der Waals surface area contributed by atoms with E-state index in [9.17, 15) is 4.79 Å². The van der Waals surface area contributed by atoms with Crippen LogP contribution in [0.15, 0.2) is 0 Å². The lowest BCUT2D eigenvalue weighted by Crippen LogP contribution is -2.44.